The van der Waals surface area contributed by atoms with Crippen LogP contribution in [0.5, 0.6) is 0 Å². The maximum Gasteiger partial charge on any atom is 0.275 e. The van der Waals surface area contributed by atoms with Gasteiger partial charge in [-0.25, -0.2) is 0 Å². The Morgan fingerprint density at radius 2 is 2.03 bits per heavy atom. The molecule has 0 unspecified atom stereocenters. The summed E-state index contributed by atoms with van der Waals surface area (Å²) in [6, 6.07) is 8.16. The Bertz CT molecular complexity index is 1060. The van der Waals surface area contributed by atoms with Gasteiger partial charge in [-0.2, -0.15) is 4.98 Å². The van der Waals surface area contributed by atoms with E-state index in [1.165, 1.54) is 17.4 Å². The molecule has 0 aliphatic rings. The van der Waals surface area contributed by atoms with Gasteiger partial charge in [0.05, 0.1) is 5.75 Å². The highest BCUT2D eigenvalue weighted by Crippen LogP contribution is 2.24. The molecule has 152 valence electrons. The number of nitrogens with one attached hydrogen (secondary N) is 1. The number of carbonyl (C=O) groups is 1. The van der Waals surface area contributed by atoms with Crippen LogP contribution < -0.4 is 16.6 Å². The zero-order valence-corrected chi connectivity index (χ0v) is 18.1. The van der Waals surface area contributed by atoms with Crippen molar-refractivity contribution in [1.82, 2.24) is 19.7 Å². The summed E-state index contributed by atoms with van der Waals surface area (Å²) in [5, 5.41) is 13.0. The van der Waals surface area contributed by atoms with Crippen LogP contribution in [0.2, 0.25) is 5.02 Å². The fourth-order valence-electron chi connectivity index (χ4n) is 2.45. The number of amides is 1. The van der Waals surface area contributed by atoms with Crippen molar-refractivity contribution in [3.63, 3.8) is 0 Å². The molecule has 3 rings (SSSR count). The molecular formula is C18H19ClN6O2S2. The minimum absolute atomic E-state index is 0.0303. The number of benzene rings is 1. The number of nitrogen functional groups attached to an aromatic ring is 1. The average molecular weight is 451 g/mol. The third-order valence-electron chi connectivity index (χ3n) is 3.64. The minimum atomic E-state index is -0.474. The van der Waals surface area contributed by atoms with Gasteiger partial charge in [-0.3, -0.25) is 19.5 Å². The molecule has 0 atom stereocenters. The van der Waals surface area contributed by atoms with E-state index in [4.69, 9.17) is 17.3 Å². The number of carbonyl (C=O) groups excluding carboxylic acids is 1. The zero-order valence-electron chi connectivity index (χ0n) is 15.8. The van der Waals surface area contributed by atoms with E-state index in [0.717, 1.165) is 23.2 Å². The van der Waals surface area contributed by atoms with Crippen LogP contribution in [0.4, 0.5) is 10.9 Å². The number of nitrogens with zero attached hydrogens (tertiary/aromatic N) is 4. The fourth-order valence-corrected chi connectivity index (χ4v) is 4.37. The third-order valence-corrected chi connectivity index (χ3v) is 5.69. The molecule has 11 heteroatoms. The maximum atomic E-state index is 12.3. The quantitative estimate of drug-likeness (QED) is 0.419. The second kappa shape index (κ2) is 9.38. The van der Waals surface area contributed by atoms with Gasteiger partial charge in [0.15, 0.2) is 5.16 Å². The summed E-state index contributed by atoms with van der Waals surface area (Å²) in [6.45, 7) is 4.18. The van der Waals surface area contributed by atoms with Gasteiger partial charge in [0.1, 0.15) is 10.8 Å². The normalized spacial score (nSPS) is 11.0. The van der Waals surface area contributed by atoms with Gasteiger partial charge < -0.3 is 5.73 Å². The largest absolute Gasteiger partial charge is 0.385 e. The lowest BCUT2D eigenvalue weighted by molar-refractivity contribution is -0.113. The summed E-state index contributed by atoms with van der Waals surface area (Å²) in [7, 11) is 0. The van der Waals surface area contributed by atoms with Crippen molar-refractivity contribution in [2.24, 2.45) is 5.92 Å². The molecule has 0 spiro atoms. The predicted octanol–water partition coefficient (Wildman–Crippen LogP) is 3.25. The van der Waals surface area contributed by atoms with E-state index in [9.17, 15) is 9.59 Å². The van der Waals surface area contributed by atoms with Gasteiger partial charge in [0.2, 0.25) is 11.0 Å². The van der Waals surface area contributed by atoms with Crippen molar-refractivity contribution in [1.29, 1.82) is 0 Å². The van der Waals surface area contributed by atoms with Crippen molar-refractivity contribution in [3.05, 3.63) is 50.7 Å². The molecule has 0 aliphatic carbocycles. The average Bonchev–Trinajstić information content (AvgIpc) is 3.06. The predicted molar refractivity (Wildman–Crippen MR) is 117 cm³/mol. The van der Waals surface area contributed by atoms with Crippen LogP contribution in [0, 0.1) is 5.92 Å². The summed E-state index contributed by atoms with van der Waals surface area (Å²) in [5.74, 6) is 0.434. The molecule has 1 amide bonds. The van der Waals surface area contributed by atoms with Crippen LogP contribution in [-0.4, -0.2) is 31.4 Å². The number of anilines is 2. The Morgan fingerprint density at radius 3 is 2.72 bits per heavy atom. The second-order valence-corrected chi connectivity index (χ2v) is 8.99. The van der Waals surface area contributed by atoms with Crippen molar-refractivity contribution in [2.45, 2.75) is 25.4 Å². The molecule has 0 bridgehead atoms. The number of halogens is 1. The highest BCUT2D eigenvalue weighted by Gasteiger charge is 2.14. The Kier molecular flexibility index (Phi) is 6.88. The standard InChI is InChI=1S/C18H19ClN6O2S2/c1-10(2)7-16-23-24-17(29-16)21-15(27)9-28-18-22-14(26)8-13(20)25(18)12-5-3-11(19)4-6-12/h3-6,8,10H,7,9,20H2,1-2H3,(H,21,24,27). The third kappa shape index (κ3) is 5.78. The smallest absolute Gasteiger partial charge is 0.275 e. The van der Waals surface area contributed by atoms with Crippen molar-refractivity contribution < 1.29 is 4.79 Å². The number of hydrogen-bond acceptors (Lipinski definition) is 8. The number of hydrogen-bond donors (Lipinski definition) is 2. The SMILES string of the molecule is CC(C)Cc1nnc(NC(=O)CSc2nc(=O)cc(N)n2-c2ccc(Cl)cc2)s1. The molecule has 8 nitrogen and oxygen atoms in total. The van der Waals surface area contributed by atoms with E-state index >= 15 is 0 Å². The molecule has 0 radical (unpaired) electrons. The van der Waals surface area contributed by atoms with E-state index in [1.807, 2.05) is 0 Å². The van der Waals surface area contributed by atoms with Crippen LogP contribution >= 0.6 is 34.7 Å². The molecule has 3 N–H and O–H groups in total. The lowest BCUT2D eigenvalue weighted by Crippen LogP contribution is -2.19. The monoisotopic (exact) mass is 450 g/mol. The van der Waals surface area contributed by atoms with Gasteiger partial charge in [0.25, 0.3) is 5.56 Å². The molecule has 0 saturated carbocycles. The molecule has 0 saturated heterocycles. The van der Waals surface area contributed by atoms with Crippen molar-refractivity contribution in [2.75, 3.05) is 16.8 Å². The van der Waals surface area contributed by atoms with Gasteiger partial charge in [-0.15, -0.1) is 10.2 Å². The lowest BCUT2D eigenvalue weighted by Gasteiger charge is -2.14. The van der Waals surface area contributed by atoms with E-state index < -0.39 is 5.56 Å². The summed E-state index contributed by atoms with van der Waals surface area (Å²) < 4.78 is 1.60. The van der Waals surface area contributed by atoms with Gasteiger partial charge in [0, 0.05) is 23.2 Å². The summed E-state index contributed by atoms with van der Waals surface area (Å²) >= 11 is 8.39. The van der Waals surface area contributed by atoms with Crippen LogP contribution in [0.1, 0.15) is 18.9 Å². The van der Waals surface area contributed by atoms with Gasteiger partial charge >= 0.3 is 0 Å². The Morgan fingerprint density at radius 1 is 1.31 bits per heavy atom. The zero-order chi connectivity index (χ0) is 21.0. The number of nitrogens with two attached hydrogens (primary N) is 1. The first-order valence-electron chi connectivity index (χ1n) is 8.72. The van der Waals surface area contributed by atoms with E-state index in [1.54, 1.807) is 28.8 Å². The number of rotatable bonds is 7. The van der Waals surface area contributed by atoms with E-state index in [2.05, 4.69) is 34.3 Å². The second-order valence-electron chi connectivity index (χ2n) is 6.55. The first kappa shape index (κ1) is 21.3. The molecule has 2 heterocycles. The molecule has 3 aromatic rings. The first-order chi connectivity index (χ1) is 13.8. The van der Waals surface area contributed by atoms with Crippen LogP contribution in [0.3, 0.4) is 0 Å². The molecule has 2 aromatic heterocycles. The minimum Gasteiger partial charge on any atom is -0.385 e. The summed E-state index contributed by atoms with van der Waals surface area (Å²) in [4.78, 5) is 28.1. The number of aromatic nitrogens is 4. The molecular weight excluding hydrogens is 432 g/mol. The van der Waals surface area contributed by atoms with Crippen molar-refractivity contribution >= 4 is 51.6 Å². The first-order valence-corrected chi connectivity index (χ1v) is 10.9. The molecule has 0 fully saturated rings. The highest BCUT2D eigenvalue weighted by atomic mass is 35.5. The Hall–Kier alpha value is -2.43. The van der Waals surface area contributed by atoms with E-state index in [0.29, 0.717) is 26.9 Å². The van der Waals surface area contributed by atoms with Crippen LogP contribution in [-0.2, 0) is 11.2 Å². The highest BCUT2D eigenvalue weighted by molar-refractivity contribution is 7.99. The van der Waals surface area contributed by atoms with E-state index in [-0.39, 0.29) is 17.5 Å². The summed E-state index contributed by atoms with van der Waals surface area (Å²) in [6.07, 6.45) is 0.808. The Labute approximate surface area is 180 Å². The molecule has 1 aromatic carbocycles. The van der Waals surface area contributed by atoms with Gasteiger partial charge in [-0.05, 0) is 30.2 Å². The van der Waals surface area contributed by atoms with Crippen LogP contribution in [0.15, 0.2) is 40.3 Å². The van der Waals surface area contributed by atoms with Crippen LogP contribution in [0.25, 0.3) is 5.69 Å². The Balaban J connectivity index is 1.73. The lowest BCUT2D eigenvalue weighted by atomic mass is 10.1. The number of thioether (sulfide) groups is 1. The topological polar surface area (TPSA) is 116 Å². The maximum absolute atomic E-state index is 12.3. The molecule has 29 heavy (non-hydrogen) atoms. The molecule has 0 aliphatic heterocycles. The van der Waals surface area contributed by atoms with Gasteiger partial charge in [-0.1, -0.05) is 48.5 Å². The van der Waals surface area contributed by atoms with Crippen molar-refractivity contribution in [3.8, 4) is 5.69 Å². The fraction of sp³-hybridized carbons (Fsp3) is 0.278. The summed E-state index contributed by atoms with van der Waals surface area (Å²) in [5.41, 5.74) is 6.24.